The topological polar surface area (TPSA) is 38.0 Å². The van der Waals surface area contributed by atoms with Crippen LogP contribution in [0.4, 0.5) is 0 Å². The number of nitrogens with two attached hydrogens (primary N) is 1. The molecule has 14 heavy (non-hydrogen) atoms. The van der Waals surface area contributed by atoms with Gasteiger partial charge < -0.3 is 0 Å². The van der Waals surface area contributed by atoms with Crippen molar-refractivity contribution >= 4 is 22.9 Å². The van der Waals surface area contributed by atoms with Gasteiger partial charge in [0.2, 0.25) is 0 Å². The molecule has 0 saturated heterocycles. The van der Waals surface area contributed by atoms with Crippen molar-refractivity contribution in [1.29, 1.82) is 0 Å². The number of rotatable bonds is 6. The van der Waals surface area contributed by atoms with Crippen molar-refractivity contribution in [2.24, 2.45) is 5.84 Å². The van der Waals surface area contributed by atoms with E-state index < -0.39 is 0 Å². The minimum Gasteiger partial charge on any atom is -0.271 e. The molecule has 3 N–H and O–H groups in total. The smallest absolute Gasteiger partial charge is 0.0931 e. The van der Waals surface area contributed by atoms with E-state index in [1.54, 1.807) is 11.3 Å². The van der Waals surface area contributed by atoms with Crippen LogP contribution < -0.4 is 11.3 Å². The quantitative estimate of drug-likeness (QED) is 0.448. The summed E-state index contributed by atoms with van der Waals surface area (Å²) >= 11 is 7.47. The number of nitrogens with one attached hydrogen (secondary N) is 1. The minimum atomic E-state index is 0.263. The fourth-order valence-electron chi connectivity index (χ4n) is 1.42. The van der Waals surface area contributed by atoms with Crippen LogP contribution in [0.3, 0.4) is 0 Å². The summed E-state index contributed by atoms with van der Waals surface area (Å²) in [5.74, 6) is 5.51. The van der Waals surface area contributed by atoms with E-state index in [9.17, 15) is 0 Å². The number of hydrogen-bond donors (Lipinski definition) is 2. The van der Waals surface area contributed by atoms with Crippen molar-refractivity contribution < 1.29 is 0 Å². The molecule has 0 amide bonds. The van der Waals surface area contributed by atoms with E-state index in [0.29, 0.717) is 0 Å². The van der Waals surface area contributed by atoms with Gasteiger partial charge in [-0.15, -0.1) is 11.3 Å². The monoisotopic (exact) mass is 232 g/mol. The van der Waals surface area contributed by atoms with Crippen molar-refractivity contribution in [2.75, 3.05) is 0 Å². The van der Waals surface area contributed by atoms with Crippen molar-refractivity contribution in [3.8, 4) is 0 Å². The zero-order valence-electron chi connectivity index (χ0n) is 8.42. The van der Waals surface area contributed by atoms with Gasteiger partial charge in [0, 0.05) is 4.88 Å². The number of halogens is 1. The lowest BCUT2D eigenvalue weighted by molar-refractivity contribution is 0.493. The zero-order valence-corrected chi connectivity index (χ0v) is 10.00. The zero-order chi connectivity index (χ0) is 10.4. The number of hydrazine groups is 1. The highest BCUT2D eigenvalue weighted by molar-refractivity contribution is 7.16. The first-order valence-corrected chi connectivity index (χ1v) is 6.18. The van der Waals surface area contributed by atoms with E-state index in [1.165, 1.54) is 24.1 Å². The van der Waals surface area contributed by atoms with Gasteiger partial charge in [0.05, 0.1) is 10.4 Å². The molecule has 1 aromatic rings. The van der Waals surface area contributed by atoms with Gasteiger partial charge in [-0.1, -0.05) is 37.8 Å². The molecule has 1 rings (SSSR count). The molecule has 0 saturated carbocycles. The summed E-state index contributed by atoms with van der Waals surface area (Å²) in [5.41, 5.74) is 2.84. The standard InChI is InChI=1S/C10H17ClN2S/c1-2-3-4-5-8(13-12)9-6-7-10(11)14-9/h6-8,13H,2-5,12H2,1H3. The SMILES string of the molecule is CCCCCC(NN)c1ccc(Cl)s1. The van der Waals surface area contributed by atoms with Crippen LogP contribution >= 0.6 is 22.9 Å². The van der Waals surface area contributed by atoms with E-state index in [1.807, 2.05) is 12.1 Å². The average Bonchev–Trinajstić information content (AvgIpc) is 2.60. The molecular formula is C10H17ClN2S. The van der Waals surface area contributed by atoms with Crippen LogP contribution in [0.25, 0.3) is 0 Å². The molecule has 0 aliphatic heterocycles. The second kappa shape index (κ2) is 6.40. The van der Waals surface area contributed by atoms with Crippen LogP contribution in [-0.4, -0.2) is 0 Å². The fraction of sp³-hybridized carbons (Fsp3) is 0.600. The van der Waals surface area contributed by atoms with E-state index in [2.05, 4.69) is 12.3 Å². The van der Waals surface area contributed by atoms with Crippen molar-refractivity contribution in [1.82, 2.24) is 5.43 Å². The van der Waals surface area contributed by atoms with E-state index in [4.69, 9.17) is 17.4 Å². The predicted molar refractivity (Wildman–Crippen MR) is 63.5 cm³/mol. The molecule has 1 atom stereocenters. The van der Waals surface area contributed by atoms with Crippen LogP contribution in [0.15, 0.2) is 12.1 Å². The Kier molecular flexibility index (Phi) is 5.48. The minimum absolute atomic E-state index is 0.263. The Morgan fingerprint density at radius 3 is 2.79 bits per heavy atom. The Bertz CT molecular complexity index is 262. The first-order chi connectivity index (χ1) is 6.77. The maximum Gasteiger partial charge on any atom is 0.0931 e. The first kappa shape index (κ1) is 12.0. The molecule has 1 unspecified atom stereocenters. The highest BCUT2D eigenvalue weighted by atomic mass is 35.5. The van der Waals surface area contributed by atoms with E-state index >= 15 is 0 Å². The summed E-state index contributed by atoms with van der Waals surface area (Å²) in [5, 5.41) is 0. The predicted octanol–water partition coefficient (Wildman–Crippen LogP) is 3.49. The summed E-state index contributed by atoms with van der Waals surface area (Å²) in [6.07, 6.45) is 4.79. The van der Waals surface area contributed by atoms with Crippen LogP contribution in [0.2, 0.25) is 4.34 Å². The van der Waals surface area contributed by atoms with Gasteiger partial charge in [0.25, 0.3) is 0 Å². The van der Waals surface area contributed by atoms with Gasteiger partial charge in [0.1, 0.15) is 0 Å². The Morgan fingerprint density at radius 2 is 2.29 bits per heavy atom. The molecule has 2 nitrogen and oxygen atoms in total. The highest BCUT2D eigenvalue weighted by Crippen LogP contribution is 2.29. The molecule has 4 heteroatoms. The van der Waals surface area contributed by atoms with Crippen LogP contribution in [0.5, 0.6) is 0 Å². The summed E-state index contributed by atoms with van der Waals surface area (Å²) in [6.45, 7) is 2.20. The third-order valence-electron chi connectivity index (χ3n) is 2.23. The molecule has 0 spiro atoms. The Balaban J connectivity index is 2.45. The van der Waals surface area contributed by atoms with Gasteiger partial charge in [-0.25, -0.2) is 0 Å². The van der Waals surface area contributed by atoms with Gasteiger partial charge in [-0.05, 0) is 18.6 Å². The summed E-state index contributed by atoms with van der Waals surface area (Å²) < 4.78 is 0.829. The number of thiophene rings is 1. The molecule has 1 aromatic heterocycles. The van der Waals surface area contributed by atoms with Crippen LogP contribution in [0.1, 0.15) is 43.5 Å². The Hall–Kier alpha value is -0.0900. The first-order valence-electron chi connectivity index (χ1n) is 4.99. The summed E-state index contributed by atoms with van der Waals surface area (Å²) in [7, 11) is 0. The third kappa shape index (κ3) is 3.58. The van der Waals surface area contributed by atoms with Crippen LogP contribution in [0, 0.1) is 0 Å². The maximum absolute atomic E-state index is 5.87. The number of hydrogen-bond acceptors (Lipinski definition) is 3. The lowest BCUT2D eigenvalue weighted by Gasteiger charge is -2.13. The fourth-order valence-corrected chi connectivity index (χ4v) is 2.58. The van der Waals surface area contributed by atoms with Gasteiger partial charge in [-0.2, -0.15) is 0 Å². The normalized spacial score (nSPS) is 13.1. The molecule has 1 heterocycles. The molecule has 0 aliphatic rings. The number of unbranched alkanes of at least 4 members (excludes halogenated alkanes) is 2. The second-order valence-corrected chi connectivity index (χ2v) is 5.10. The van der Waals surface area contributed by atoms with E-state index in [-0.39, 0.29) is 6.04 Å². The Labute approximate surface area is 94.4 Å². The third-order valence-corrected chi connectivity index (χ3v) is 3.58. The lowest BCUT2D eigenvalue weighted by atomic mass is 10.1. The molecular weight excluding hydrogens is 216 g/mol. The Morgan fingerprint density at radius 1 is 1.50 bits per heavy atom. The summed E-state index contributed by atoms with van der Waals surface area (Å²) in [6, 6.07) is 4.23. The van der Waals surface area contributed by atoms with Crippen molar-refractivity contribution in [2.45, 2.75) is 38.6 Å². The van der Waals surface area contributed by atoms with Gasteiger partial charge >= 0.3 is 0 Å². The maximum atomic E-state index is 5.87. The van der Waals surface area contributed by atoms with E-state index in [0.717, 1.165) is 10.8 Å². The van der Waals surface area contributed by atoms with Gasteiger partial charge in [-0.3, -0.25) is 11.3 Å². The average molecular weight is 233 g/mol. The van der Waals surface area contributed by atoms with Gasteiger partial charge in [0.15, 0.2) is 0 Å². The van der Waals surface area contributed by atoms with Crippen molar-refractivity contribution in [3.05, 3.63) is 21.3 Å². The molecule has 0 bridgehead atoms. The largest absolute Gasteiger partial charge is 0.271 e. The summed E-state index contributed by atoms with van der Waals surface area (Å²) in [4.78, 5) is 1.23. The second-order valence-electron chi connectivity index (χ2n) is 3.36. The van der Waals surface area contributed by atoms with Crippen molar-refractivity contribution in [3.63, 3.8) is 0 Å². The molecule has 0 aliphatic carbocycles. The lowest BCUT2D eigenvalue weighted by Crippen LogP contribution is -2.27. The molecule has 0 aromatic carbocycles. The van der Waals surface area contributed by atoms with Crippen LogP contribution in [-0.2, 0) is 0 Å². The highest BCUT2D eigenvalue weighted by Gasteiger charge is 2.10. The molecule has 0 fully saturated rings. The molecule has 80 valence electrons. The molecule has 0 radical (unpaired) electrons.